The van der Waals surface area contributed by atoms with E-state index in [1.807, 2.05) is 38.7 Å². The van der Waals surface area contributed by atoms with E-state index in [4.69, 9.17) is 21.6 Å². The predicted molar refractivity (Wildman–Crippen MR) is 136 cm³/mol. The van der Waals surface area contributed by atoms with Gasteiger partial charge in [0.2, 0.25) is 0 Å². The lowest BCUT2D eigenvalue weighted by atomic mass is 9.49. The molecule has 0 bridgehead atoms. The second-order valence-electron chi connectivity index (χ2n) is 10.9. The van der Waals surface area contributed by atoms with Gasteiger partial charge in [0.15, 0.2) is 11.6 Å². The van der Waals surface area contributed by atoms with Gasteiger partial charge < -0.3 is 20.1 Å². The van der Waals surface area contributed by atoms with Crippen molar-refractivity contribution in [2.75, 3.05) is 24.6 Å². The number of ether oxygens (including phenoxy) is 1. The Labute approximate surface area is 216 Å². The number of nitrogens with one attached hydrogen (secondary N) is 1. The molecule has 2 fully saturated rings. The van der Waals surface area contributed by atoms with Gasteiger partial charge in [-0.25, -0.2) is 9.37 Å². The number of hydrogen-bond acceptors (Lipinski definition) is 6. The third-order valence-electron chi connectivity index (χ3n) is 7.69. The monoisotopic (exact) mass is 514 g/mol. The number of pyridine rings is 1. The van der Waals surface area contributed by atoms with Gasteiger partial charge in [0.05, 0.1) is 16.1 Å². The molecule has 0 atom stereocenters. The van der Waals surface area contributed by atoms with Crippen LogP contribution in [0, 0.1) is 33.9 Å². The number of rotatable bonds is 6. The van der Waals surface area contributed by atoms with Crippen molar-refractivity contribution in [3.8, 4) is 11.8 Å². The maximum atomic E-state index is 14.9. The van der Waals surface area contributed by atoms with Gasteiger partial charge in [-0.2, -0.15) is 5.26 Å². The fourth-order valence-corrected chi connectivity index (χ4v) is 6.14. The number of benzene rings is 1. The molecule has 7 nitrogen and oxygen atoms in total. The van der Waals surface area contributed by atoms with Crippen molar-refractivity contribution in [2.24, 2.45) is 16.7 Å². The summed E-state index contributed by atoms with van der Waals surface area (Å²) >= 11 is 6.16. The highest BCUT2D eigenvalue weighted by Crippen LogP contribution is 2.55. The Morgan fingerprint density at radius 1 is 1.28 bits per heavy atom. The summed E-state index contributed by atoms with van der Waals surface area (Å²) in [6.45, 7) is 9.43. The van der Waals surface area contributed by atoms with Crippen molar-refractivity contribution in [1.29, 1.82) is 5.26 Å². The first-order valence-electron chi connectivity index (χ1n) is 12.2. The lowest BCUT2D eigenvalue weighted by molar-refractivity contribution is -0.164. The number of nitriles is 1. The third kappa shape index (κ3) is 4.74. The number of aliphatic hydroxyl groups excluding tert-OH is 1. The largest absolute Gasteiger partial charge is 0.489 e. The van der Waals surface area contributed by atoms with Gasteiger partial charge in [-0.05, 0) is 37.0 Å². The average Bonchev–Trinajstić information content (AvgIpc) is 2.85. The molecule has 1 aromatic carbocycles. The van der Waals surface area contributed by atoms with Crippen LogP contribution < -0.4 is 15.0 Å². The van der Waals surface area contributed by atoms with Crippen LogP contribution in [0.1, 0.15) is 56.5 Å². The Balaban J connectivity index is 1.44. The summed E-state index contributed by atoms with van der Waals surface area (Å²) in [4.78, 5) is 19.2. The summed E-state index contributed by atoms with van der Waals surface area (Å²) in [5.41, 5.74) is -0.315. The van der Waals surface area contributed by atoms with E-state index in [1.54, 1.807) is 18.2 Å². The van der Waals surface area contributed by atoms with Crippen LogP contribution in [-0.2, 0) is 0 Å². The van der Waals surface area contributed by atoms with Crippen molar-refractivity contribution in [3.63, 3.8) is 0 Å². The predicted octanol–water partition coefficient (Wildman–Crippen LogP) is 4.57. The smallest absolute Gasteiger partial charge is 0.253 e. The zero-order valence-corrected chi connectivity index (χ0v) is 21.8. The molecular formula is C27H32ClFN4O3. The number of amides is 1. The summed E-state index contributed by atoms with van der Waals surface area (Å²) in [5.74, 6) is 0.112. The minimum absolute atomic E-state index is 0.143. The van der Waals surface area contributed by atoms with E-state index in [2.05, 4.69) is 10.3 Å². The highest BCUT2D eigenvalue weighted by molar-refractivity contribution is 6.31. The Morgan fingerprint density at radius 3 is 2.50 bits per heavy atom. The summed E-state index contributed by atoms with van der Waals surface area (Å²) in [5, 5.41) is 21.8. The lowest BCUT2D eigenvalue weighted by Crippen LogP contribution is -2.74. The second kappa shape index (κ2) is 9.87. The zero-order chi connectivity index (χ0) is 26.3. The van der Waals surface area contributed by atoms with E-state index in [-0.39, 0.29) is 36.1 Å². The number of carbonyl (C=O) groups excluding carboxylic acids is 1. The molecule has 1 aliphatic heterocycles. The Kier molecular flexibility index (Phi) is 7.18. The average molecular weight is 515 g/mol. The first-order chi connectivity index (χ1) is 17.0. The normalized spacial score (nSPS) is 22.9. The summed E-state index contributed by atoms with van der Waals surface area (Å²) in [6.07, 6.45) is 2.74. The van der Waals surface area contributed by atoms with Crippen LogP contribution in [0.15, 0.2) is 30.5 Å². The fraction of sp³-hybridized carbons (Fsp3) is 0.519. The summed E-state index contributed by atoms with van der Waals surface area (Å²) in [7, 11) is 0. The third-order valence-corrected chi connectivity index (χ3v) is 8.00. The quantitative estimate of drug-likeness (QED) is 0.586. The van der Waals surface area contributed by atoms with Crippen molar-refractivity contribution < 1.29 is 19.0 Å². The molecule has 2 aliphatic rings. The molecule has 1 saturated heterocycles. The maximum Gasteiger partial charge on any atom is 0.253 e. The number of aromatic nitrogens is 1. The van der Waals surface area contributed by atoms with Crippen LogP contribution >= 0.6 is 11.6 Å². The lowest BCUT2D eigenvalue weighted by Gasteiger charge is -2.63. The van der Waals surface area contributed by atoms with Gasteiger partial charge in [0, 0.05) is 48.8 Å². The molecule has 0 spiro atoms. The highest BCUT2D eigenvalue weighted by atomic mass is 35.5. The van der Waals surface area contributed by atoms with E-state index in [0.717, 1.165) is 12.8 Å². The molecule has 1 aromatic heterocycles. The second-order valence-corrected chi connectivity index (χ2v) is 11.4. The SMILES string of the molecule is CC1(C)C(NC(=O)c2cnc(N3CCC(CO)CC3)c(F)c2)C(C)(C)C1Oc1ccc(C#N)c(Cl)c1. The maximum absolute atomic E-state index is 14.9. The van der Waals surface area contributed by atoms with Crippen LogP contribution in [0.25, 0.3) is 0 Å². The molecular weight excluding hydrogens is 483 g/mol. The number of halogens is 2. The molecule has 1 aliphatic carbocycles. The number of piperidine rings is 1. The van der Waals surface area contributed by atoms with Crippen LogP contribution in [0.3, 0.4) is 0 Å². The van der Waals surface area contributed by atoms with Crippen LogP contribution in [-0.4, -0.2) is 47.8 Å². The van der Waals surface area contributed by atoms with Crippen LogP contribution in [0.5, 0.6) is 5.75 Å². The van der Waals surface area contributed by atoms with E-state index in [9.17, 15) is 14.3 Å². The topological polar surface area (TPSA) is 98.5 Å². The fourth-order valence-electron chi connectivity index (χ4n) is 5.93. The molecule has 192 valence electrons. The van der Waals surface area contributed by atoms with Gasteiger partial charge >= 0.3 is 0 Å². The van der Waals surface area contributed by atoms with Crippen LogP contribution in [0.4, 0.5) is 10.2 Å². The van der Waals surface area contributed by atoms with Crippen molar-refractivity contribution >= 4 is 23.3 Å². The van der Waals surface area contributed by atoms with E-state index >= 15 is 0 Å². The first-order valence-corrected chi connectivity index (χ1v) is 12.5. The van der Waals surface area contributed by atoms with Crippen molar-refractivity contribution in [2.45, 2.75) is 52.7 Å². The standard InChI is InChI=1S/C27H32ClFN4O3/c1-26(2)24(27(3,4)25(26)36-19-6-5-17(13-30)20(28)12-19)32-23(35)18-11-21(29)22(31-14-18)33-9-7-16(15-34)8-10-33/h5-6,11-12,14,16,24-25,34H,7-10,15H2,1-4H3,(H,32,35). The molecule has 1 saturated carbocycles. The number of nitrogens with zero attached hydrogens (tertiary/aromatic N) is 3. The van der Waals surface area contributed by atoms with Crippen LogP contribution in [0.2, 0.25) is 5.02 Å². The Bertz CT molecular complexity index is 1170. The molecule has 2 heterocycles. The van der Waals surface area contributed by atoms with Gasteiger partial charge in [0.25, 0.3) is 5.91 Å². The molecule has 4 rings (SSSR count). The molecule has 2 aromatic rings. The number of carbonyl (C=O) groups is 1. The number of anilines is 1. The molecule has 0 radical (unpaired) electrons. The molecule has 2 N–H and O–H groups in total. The van der Waals surface area contributed by atoms with E-state index in [1.165, 1.54) is 12.3 Å². The van der Waals surface area contributed by atoms with Crippen molar-refractivity contribution in [1.82, 2.24) is 10.3 Å². The van der Waals surface area contributed by atoms with Gasteiger partial charge in [-0.15, -0.1) is 0 Å². The van der Waals surface area contributed by atoms with E-state index in [0.29, 0.717) is 29.4 Å². The molecule has 36 heavy (non-hydrogen) atoms. The van der Waals surface area contributed by atoms with Gasteiger partial charge in [-0.3, -0.25) is 4.79 Å². The Hall–Kier alpha value is -2.89. The zero-order valence-electron chi connectivity index (χ0n) is 21.0. The number of hydrogen-bond donors (Lipinski definition) is 2. The minimum Gasteiger partial charge on any atom is -0.489 e. The molecule has 9 heteroatoms. The summed E-state index contributed by atoms with van der Waals surface area (Å²) in [6, 6.07) is 7.99. The van der Waals surface area contributed by atoms with Crippen molar-refractivity contribution in [3.05, 3.63) is 52.4 Å². The van der Waals surface area contributed by atoms with Gasteiger partial charge in [0.1, 0.15) is 17.9 Å². The first kappa shape index (κ1) is 26.2. The van der Waals surface area contributed by atoms with E-state index < -0.39 is 22.6 Å². The molecule has 0 unspecified atom stereocenters. The Morgan fingerprint density at radius 2 is 1.94 bits per heavy atom. The summed E-state index contributed by atoms with van der Waals surface area (Å²) < 4.78 is 21.2. The molecule has 1 amide bonds. The van der Waals surface area contributed by atoms with Gasteiger partial charge in [-0.1, -0.05) is 39.3 Å². The minimum atomic E-state index is -0.531. The number of aliphatic hydroxyl groups is 1. The highest BCUT2D eigenvalue weighted by Gasteiger charge is 2.64.